The number of urea groups is 1. The Kier molecular flexibility index (Phi) is 8.79. The minimum absolute atomic E-state index is 0.0866. The second-order valence-electron chi connectivity index (χ2n) is 12.3. The van der Waals surface area contributed by atoms with Gasteiger partial charge in [0, 0.05) is 30.6 Å². The minimum atomic E-state index is -0.771. The summed E-state index contributed by atoms with van der Waals surface area (Å²) in [5.41, 5.74) is 6.55. The number of hydrogen-bond donors (Lipinski definition) is 1. The number of nitrogens with one attached hydrogen (secondary N) is 1. The third kappa shape index (κ3) is 5.76. The van der Waals surface area contributed by atoms with Crippen LogP contribution in [0.2, 0.25) is 0 Å². The summed E-state index contributed by atoms with van der Waals surface area (Å²) in [4.78, 5) is 44.6. The van der Waals surface area contributed by atoms with E-state index in [0.717, 1.165) is 48.4 Å². The molecule has 1 fully saturated rings. The van der Waals surface area contributed by atoms with Crippen LogP contribution in [0, 0.1) is 0 Å². The molecular formula is C39H36BrN3O5. The van der Waals surface area contributed by atoms with E-state index < -0.39 is 17.8 Å². The van der Waals surface area contributed by atoms with Gasteiger partial charge >= 0.3 is 6.03 Å². The monoisotopic (exact) mass is 705 g/mol. The van der Waals surface area contributed by atoms with Crippen LogP contribution >= 0.6 is 15.9 Å². The van der Waals surface area contributed by atoms with E-state index in [1.165, 1.54) is 30.0 Å². The molecule has 0 aromatic heterocycles. The van der Waals surface area contributed by atoms with Gasteiger partial charge in [-0.15, -0.1) is 0 Å². The first-order valence-corrected chi connectivity index (χ1v) is 17.1. The van der Waals surface area contributed by atoms with Gasteiger partial charge in [-0.3, -0.25) is 14.9 Å². The van der Waals surface area contributed by atoms with Crippen molar-refractivity contribution in [3.05, 3.63) is 123 Å². The van der Waals surface area contributed by atoms with Crippen LogP contribution in [0.5, 0.6) is 11.5 Å². The Morgan fingerprint density at radius 1 is 0.875 bits per heavy atom. The fraction of sp³-hybridized carbons (Fsp3) is 0.256. The number of halogens is 1. The van der Waals surface area contributed by atoms with Gasteiger partial charge in [-0.05, 0) is 93.4 Å². The van der Waals surface area contributed by atoms with E-state index in [1.807, 2.05) is 55.5 Å². The van der Waals surface area contributed by atoms with Gasteiger partial charge in [-0.25, -0.2) is 9.69 Å². The molecule has 0 radical (unpaired) electrons. The van der Waals surface area contributed by atoms with Crippen LogP contribution < -0.4 is 24.6 Å². The summed E-state index contributed by atoms with van der Waals surface area (Å²) in [6, 6.07) is 27.4. The van der Waals surface area contributed by atoms with Gasteiger partial charge in [0.15, 0.2) is 11.5 Å². The van der Waals surface area contributed by atoms with Crippen molar-refractivity contribution < 1.29 is 23.9 Å². The van der Waals surface area contributed by atoms with Crippen molar-refractivity contribution in [1.29, 1.82) is 0 Å². The Labute approximate surface area is 288 Å². The van der Waals surface area contributed by atoms with Crippen LogP contribution in [-0.4, -0.2) is 44.7 Å². The third-order valence-electron chi connectivity index (χ3n) is 9.37. The van der Waals surface area contributed by atoms with Gasteiger partial charge in [0.1, 0.15) is 5.57 Å². The number of carbonyl (C=O) groups is 3. The standard InChI is InChI=1S/C39H36BrN3O5/c1-3-18-48-36-33(40)20-24(21-34(36)47-2)19-32-37(44)41-39(46)43(38(32)45)27-22-30-28(25-10-6-4-7-11-25)14-16-42-17-15-29(31(23-27)35(30)42)26-12-8-5-9-13-26/h4-13,19-23,28-29H,3,14-18H2,1-2H3,(H,41,44,46)/b32-19+/t28-,29+. The summed E-state index contributed by atoms with van der Waals surface area (Å²) in [5.74, 6) is -0.271. The number of methoxy groups -OCH3 is 1. The van der Waals surface area contributed by atoms with Crippen LogP contribution in [-0.2, 0) is 9.59 Å². The van der Waals surface area contributed by atoms with Crippen molar-refractivity contribution >= 4 is 51.2 Å². The zero-order valence-electron chi connectivity index (χ0n) is 26.9. The molecular weight excluding hydrogens is 670 g/mol. The average Bonchev–Trinajstić information content (AvgIpc) is 3.10. The topological polar surface area (TPSA) is 88.2 Å². The zero-order chi connectivity index (χ0) is 33.4. The molecule has 0 spiro atoms. The quantitative estimate of drug-likeness (QED) is 0.149. The first kappa shape index (κ1) is 31.7. The van der Waals surface area contributed by atoms with Gasteiger partial charge in [0.2, 0.25) is 0 Å². The number of carbonyl (C=O) groups excluding carboxylic acids is 3. The SMILES string of the molecule is CCCOc1c(Br)cc(/C=C2\C(=O)NC(=O)N(c3cc4c5c(c3)[C@H](c3ccccc3)CCN5CC[C@@H]4c3ccccc3)C2=O)cc1OC. The average molecular weight is 707 g/mol. The Balaban J connectivity index is 1.35. The summed E-state index contributed by atoms with van der Waals surface area (Å²) in [7, 11) is 1.53. The van der Waals surface area contributed by atoms with E-state index in [-0.39, 0.29) is 17.4 Å². The highest BCUT2D eigenvalue weighted by Gasteiger charge is 2.40. The molecule has 3 heterocycles. The van der Waals surface area contributed by atoms with Crippen molar-refractivity contribution in [2.24, 2.45) is 0 Å². The molecule has 4 aromatic rings. The van der Waals surface area contributed by atoms with Crippen LogP contribution in [0.4, 0.5) is 16.2 Å². The molecule has 1 N–H and O–H groups in total. The molecule has 48 heavy (non-hydrogen) atoms. The second-order valence-corrected chi connectivity index (χ2v) is 13.2. The Morgan fingerprint density at radius 2 is 1.48 bits per heavy atom. The lowest BCUT2D eigenvalue weighted by Crippen LogP contribution is -2.54. The highest BCUT2D eigenvalue weighted by molar-refractivity contribution is 9.10. The van der Waals surface area contributed by atoms with E-state index in [9.17, 15) is 14.4 Å². The van der Waals surface area contributed by atoms with E-state index in [4.69, 9.17) is 9.47 Å². The van der Waals surface area contributed by atoms with Crippen LogP contribution in [0.3, 0.4) is 0 Å². The van der Waals surface area contributed by atoms with E-state index in [1.54, 1.807) is 12.1 Å². The van der Waals surface area contributed by atoms with E-state index in [0.29, 0.717) is 33.8 Å². The number of rotatable bonds is 8. The Morgan fingerprint density at radius 3 is 2.04 bits per heavy atom. The highest BCUT2D eigenvalue weighted by Crippen LogP contribution is 2.50. The fourth-order valence-corrected chi connectivity index (χ4v) is 7.77. The normalized spacial score (nSPS) is 19.6. The van der Waals surface area contributed by atoms with Crippen molar-refractivity contribution in [3.8, 4) is 11.5 Å². The Hall–Kier alpha value is -4.89. The molecule has 9 heteroatoms. The van der Waals surface area contributed by atoms with Gasteiger partial charge in [0.25, 0.3) is 11.8 Å². The van der Waals surface area contributed by atoms with E-state index in [2.05, 4.69) is 50.4 Å². The minimum Gasteiger partial charge on any atom is -0.493 e. The maximum absolute atomic E-state index is 14.2. The fourth-order valence-electron chi connectivity index (χ4n) is 7.19. The van der Waals surface area contributed by atoms with Crippen LogP contribution in [0.25, 0.3) is 6.08 Å². The van der Waals surface area contributed by atoms with Crippen molar-refractivity contribution in [2.45, 2.75) is 38.0 Å². The molecule has 7 rings (SSSR count). The lowest BCUT2D eigenvalue weighted by Gasteiger charge is -2.44. The third-order valence-corrected chi connectivity index (χ3v) is 9.96. The number of amides is 4. The number of barbiturate groups is 1. The van der Waals surface area contributed by atoms with Gasteiger partial charge in [-0.1, -0.05) is 67.6 Å². The van der Waals surface area contributed by atoms with Crippen molar-refractivity contribution in [3.63, 3.8) is 0 Å². The molecule has 244 valence electrons. The number of benzene rings is 4. The largest absolute Gasteiger partial charge is 0.493 e. The molecule has 0 bridgehead atoms. The predicted octanol–water partition coefficient (Wildman–Crippen LogP) is 7.79. The molecule has 0 aliphatic carbocycles. The molecule has 3 aliphatic rings. The maximum atomic E-state index is 14.2. The summed E-state index contributed by atoms with van der Waals surface area (Å²) in [5, 5.41) is 2.42. The highest BCUT2D eigenvalue weighted by atomic mass is 79.9. The van der Waals surface area contributed by atoms with Crippen LogP contribution in [0.1, 0.15) is 65.8 Å². The summed E-state index contributed by atoms with van der Waals surface area (Å²) >= 11 is 3.54. The smallest absolute Gasteiger partial charge is 0.335 e. The lowest BCUT2D eigenvalue weighted by atomic mass is 9.76. The Bertz CT molecular complexity index is 1850. The van der Waals surface area contributed by atoms with Gasteiger partial charge in [-0.2, -0.15) is 0 Å². The van der Waals surface area contributed by atoms with E-state index >= 15 is 0 Å². The molecule has 4 amide bonds. The van der Waals surface area contributed by atoms with Crippen LogP contribution in [0.15, 0.2) is 95.0 Å². The molecule has 0 saturated carbocycles. The zero-order valence-corrected chi connectivity index (χ0v) is 28.5. The second kappa shape index (κ2) is 13.3. The number of ether oxygens (including phenoxy) is 2. The summed E-state index contributed by atoms with van der Waals surface area (Å²) < 4.78 is 12.0. The maximum Gasteiger partial charge on any atom is 0.335 e. The number of anilines is 2. The number of hydrogen-bond acceptors (Lipinski definition) is 6. The molecule has 3 aliphatic heterocycles. The van der Waals surface area contributed by atoms with Gasteiger partial charge in [0.05, 0.1) is 23.9 Å². The number of imide groups is 2. The molecule has 8 nitrogen and oxygen atoms in total. The predicted molar refractivity (Wildman–Crippen MR) is 190 cm³/mol. The molecule has 4 aromatic carbocycles. The molecule has 2 atom stereocenters. The summed E-state index contributed by atoms with van der Waals surface area (Å²) in [6.45, 7) is 4.36. The lowest BCUT2D eigenvalue weighted by molar-refractivity contribution is -0.122. The van der Waals surface area contributed by atoms with Crippen molar-refractivity contribution in [1.82, 2.24) is 5.32 Å². The molecule has 1 saturated heterocycles. The first-order chi connectivity index (χ1) is 23.4. The first-order valence-electron chi connectivity index (χ1n) is 16.3. The molecule has 0 unspecified atom stereocenters. The summed E-state index contributed by atoms with van der Waals surface area (Å²) in [6.07, 6.45) is 4.13. The van der Waals surface area contributed by atoms with Gasteiger partial charge < -0.3 is 14.4 Å². The van der Waals surface area contributed by atoms with Crippen molar-refractivity contribution in [2.75, 3.05) is 36.6 Å². The number of nitrogens with zero attached hydrogens (tertiary/aromatic N) is 2.